The summed E-state index contributed by atoms with van der Waals surface area (Å²) in [7, 11) is 0. The SMILES string of the molecule is Cc1ccc2cc(-c3cccc(F)n3)ccc2c1. The van der Waals surface area contributed by atoms with Crippen LogP contribution in [0, 0.1) is 12.9 Å². The quantitative estimate of drug-likeness (QED) is 0.573. The van der Waals surface area contributed by atoms with Gasteiger partial charge in [-0.3, -0.25) is 0 Å². The first-order valence-corrected chi connectivity index (χ1v) is 5.86. The van der Waals surface area contributed by atoms with Gasteiger partial charge in [0.15, 0.2) is 0 Å². The maximum absolute atomic E-state index is 13.1. The molecule has 2 heteroatoms. The van der Waals surface area contributed by atoms with Gasteiger partial charge in [-0.15, -0.1) is 0 Å². The number of benzene rings is 2. The number of aryl methyl sites for hydroxylation is 1. The van der Waals surface area contributed by atoms with E-state index >= 15 is 0 Å². The predicted octanol–water partition coefficient (Wildman–Crippen LogP) is 4.35. The smallest absolute Gasteiger partial charge is 0.213 e. The molecule has 0 atom stereocenters. The van der Waals surface area contributed by atoms with E-state index in [0.29, 0.717) is 5.69 Å². The molecule has 0 unspecified atom stereocenters. The van der Waals surface area contributed by atoms with Gasteiger partial charge in [0.25, 0.3) is 0 Å². The molecule has 3 rings (SSSR count). The molecule has 0 bridgehead atoms. The standard InChI is InChI=1S/C16H12FN/c1-11-5-6-13-10-14(8-7-12(13)9-11)15-3-2-4-16(17)18-15/h2-10H,1H3. The van der Waals surface area contributed by atoms with Gasteiger partial charge >= 0.3 is 0 Å². The Bertz CT molecular complexity index is 719. The number of aromatic nitrogens is 1. The van der Waals surface area contributed by atoms with E-state index in [2.05, 4.69) is 30.1 Å². The lowest BCUT2D eigenvalue weighted by atomic mass is 10.0. The summed E-state index contributed by atoms with van der Waals surface area (Å²) < 4.78 is 13.1. The summed E-state index contributed by atoms with van der Waals surface area (Å²) in [5, 5.41) is 2.33. The van der Waals surface area contributed by atoms with Crippen molar-refractivity contribution < 1.29 is 4.39 Å². The van der Waals surface area contributed by atoms with Gasteiger partial charge in [0, 0.05) is 5.56 Å². The fourth-order valence-electron chi connectivity index (χ4n) is 2.09. The summed E-state index contributed by atoms with van der Waals surface area (Å²) in [4.78, 5) is 3.90. The first kappa shape index (κ1) is 10.9. The van der Waals surface area contributed by atoms with Crippen LogP contribution in [0.3, 0.4) is 0 Å². The third kappa shape index (κ3) is 1.97. The van der Waals surface area contributed by atoms with Crippen molar-refractivity contribution in [2.75, 3.05) is 0 Å². The van der Waals surface area contributed by atoms with Crippen molar-refractivity contribution in [1.29, 1.82) is 0 Å². The monoisotopic (exact) mass is 237 g/mol. The maximum atomic E-state index is 13.1. The number of nitrogens with zero attached hydrogens (tertiary/aromatic N) is 1. The lowest BCUT2D eigenvalue weighted by Crippen LogP contribution is -1.87. The van der Waals surface area contributed by atoms with Crippen LogP contribution in [0.15, 0.2) is 54.6 Å². The van der Waals surface area contributed by atoms with Crippen LogP contribution in [0.25, 0.3) is 22.0 Å². The van der Waals surface area contributed by atoms with E-state index in [1.165, 1.54) is 17.0 Å². The normalized spacial score (nSPS) is 10.8. The molecule has 0 aliphatic rings. The zero-order chi connectivity index (χ0) is 12.5. The predicted molar refractivity (Wildman–Crippen MR) is 71.9 cm³/mol. The average Bonchev–Trinajstić information content (AvgIpc) is 2.38. The summed E-state index contributed by atoms with van der Waals surface area (Å²) in [5.41, 5.74) is 2.84. The van der Waals surface area contributed by atoms with Crippen molar-refractivity contribution in [3.63, 3.8) is 0 Å². The van der Waals surface area contributed by atoms with E-state index in [-0.39, 0.29) is 0 Å². The van der Waals surface area contributed by atoms with Crippen molar-refractivity contribution in [2.24, 2.45) is 0 Å². The number of pyridine rings is 1. The molecular formula is C16H12FN. The zero-order valence-electron chi connectivity index (χ0n) is 10.0. The fourth-order valence-corrected chi connectivity index (χ4v) is 2.09. The molecule has 2 aromatic carbocycles. The molecule has 0 amide bonds. The number of rotatable bonds is 1. The number of hydrogen-bond acceptors (Lipinski definition) is 1. The Kier molecular flexibility index (Phi) is 2.56. The Balaban J connectivity index is 2.16. The van der Waals surface area contributed by atoms with Crippen molar-refractivity contribution in [1.82, 2.24) is 4.98 Å². The highest BCUT2D eigenvalue weighted by Crippen LogP contribution is 2.23. The Labute approximate surface area is 105 Å². The summed E-state index contributed by atoms with van der Waals surface area (Å²) in [6, 6.07) is 17.2. The van der Waals surface area contributed by atoms with E-state index < -0.39 is 5.95 Å². The van der Waals surface area contributed by atoms with Gasteiger partial charge in [-0.1, -0.05) is 42.0 Å². The van der Waals surface area contributed by atoms with Gasteiger partial charge in [0.2, 0.25) is 5.95 Å². The van der Waals surface area contributed by atoms with Crippen LogP contribution >= 0.6 is 0 Å². The Morgan fingerprint density at radius 3 is 2.50 bits per heavy atom. The first-order chi connectivity index (χ1) is 8.72. The number of hydrogen-bond donors (Lipinski definition) is 0. The molecule has 0 N–H and O–H groups in total. The third-order valence-electron chi connectivity index (χ3n) is 3.01. The molecule has 1 nitrogen and oxygen atoms in total. The van der Waals surface area contributed by atoms with Crippen LogP contribution in [0.2, 0.25) is 0 Å². The largest absolute Gasteiger partial charge is 0.220 e. The number of fused-ring (bicyclic) bond motifs is 1. The number of halogens is 1. The molecule has 0 spiro atoms. The summed E-state index contributed by atoms with van der Waals surface area (Å²) >= 11 is 0. The van der Waals surface area contributed by atoms with Crippen molar-refractivity contribution in [2.45, 2.75) is 6.92 Å². The molecule has 0 fully saturated rings. The molecule has 1 heterocycles. The minimum Gasteiger partial charge on any atom is -0.220 e. The molecular weight excluding hydrogens is 225 g/mol. The zero-order valence-corrected chi connectivity index (χ0v) is 10.0. The highest BCUT2D eigenvalue weighted by atomic mass is 19.1. The highest BCUT2D eigenvalue weighted by Gasteiger charge is 2.02. The lowest BCUT2D eigenvalue weighted by Gasteiger charge is -2.04. The molecule has 3 aromatic rings. The van der Waals surface area contributed by atoms with Gasteiger partial charge in [-0.05, 0) is 35.9 Å². The maximum Gasteiger partial charge on any atom is 0.213 e. The van der Waals surface area contributed by atoms with E-state index in [1.54, 1.807) is 6.07 Å². The molecule has 88 valence electrons. The van der Waals surface area contributed by atoms with Crippen molar-refractivity contribution in [3.8, 4) is 11.3 Å². The van der Waals surface area contributed by atoms with Gasteiger partial charge in [0.05, 0.1) is 5.69 Å². The summed E-state index contributed by atoms with van der Waals surface area (Å²) in [6.07, 6.45) is 0. The van der Waals surface area contributed by atoms with Gasteiger partial charge < -0.3 is 0 Å². The second-order valence-corrected chi connectivity index (χ2v) is 4.41. The van der Waals surface area contributed by atoms with Gasteiger partial charge in [0.1, 0.15) is 0 Å². The fraction of sp³-hybridized carbons (Fsp3) is 0.0625. The molecule has 18 heavy (non-hydrogen) atoms. The second kappa shape index (κ2) is 4.22. The van der Waals surface area contributed by atoms with Crippen molar-refractivity contribution in [3.05, 3.63) is 66.1 Å². The minimum atomic E-state index is -0.448. The van der Waals surface area contributed by atoms with E-state index in [9.17, 15) is 4.39 Å². The molecule has 0 radical (unpaired) electrons. The second-order valence-electron chi connectivity index (χ2n) is 4.41. The minimum absolute atomic E-state index is 0.448. The third-order valence-corrected chi connectivity index (χ3v) is 3.01. The lowest BCUT2D eigenvalue weighted by molar-refractivity contribution is 0.585. The Morgan fingerprint density at radius 1 is 0.889 bits per heavy atom. The van der Waals surface area contributed by atoms with Crippen LogP contribution in [-0.4, -0.2) is 4.98 Å². The molecule has 0 saturated heterocycles. The average molecular weight is 237 g/mol. The summed E-state index contributed by atoms with van der Waals surface area (Å²) in [5.74, 6) is -0.448. The topological polar surface area (TPSA) is 12.9 Å². The summed E-state index contributed by atoms with van der Waals surface area (Å²) in [6.45, 7) is 2.07. The molecule has 0 saturated carbocycles. The van der Waals surface area contributed by atoms with E-state index in [4.69, 9.17) is 0 Å². The first-order valence-electron chi connectivity index (χ1n) is 5.86. The van der Waals surface area contributed by atoms with Crippen LogP contribution < -0.4 is 0 Å². The Hall–Kier alpha value is -2.22. The van der Waals surface area contributed by atoms with Crippen molar-refractivity contribution >= 4 is 10.8 Å². The molecule has 0 aliphatic carbocycles. The van der Waals surface area contributed by atoms with Crippen LogP contribution in [0.5, 0.6) is 0 Å². The molecule has 1 aromatic heterocycles. The highest BCUT2D eigenvalue weighted by molar-refractivity contribution is 5.87. The van der Waals surface area contributed by atoms with Crippen LogP contribution in [0.4, 0.5) is 4.39 Å². The van der Waals surface area contributed by atoms with E-state index in [0.717, 1.165) is 10.9 Å². The molecule has 0 aliphatic heterocycles. The van der Waals surface area contributed by atoms with E-state index in [1.807, 2.05) is 24.3 Å². The van der Waals surface area contributed by atoms with Gasteiger partial charge in [-0.2, -0.15) is 4.39 Å². The van der Waals surface area contributed by atoms with Crippen LogP contribution in [0.1, 0.15) is 5.56 Å². The Morgan fingerprint density at radius 2 is 1.67 bits per heavy atom. The van der Waals surface area contributed by atoms with Gasteiger partial charge in [-0.25, -0.2) is 4.98 Å². The van der Waals surface area contributed by atoms with Crippen LogP contribution in [-0.2, 0) is 0 Å².